The number of carbonyl (C=O) groups excluding carboxylic acids is 2. The monoisotopic (exact) mass is 621 g/mol. The molecule has 1 saturated heterocycles. The molecule has 3 heterocycles. The molecule has 6 rings (SSSR count). The maximum atomic E-state index is 16.1. The largest absolute Gasteiger partial charge is 0.355 e. The van der Waals surface area contributed by atoms with E-state index in [1.807, 2.05) is 13.0 Å². The molecule has 0 bridgehead atoms. The predicted molar refractivity (Wildman–Crippen MR) is 168 cm³/mol. The van der Waals surface area contributed by atoms with Gasteiger partial charge in [-0.25, -0.2) is 9.37 Å². The number of carbonyl (C=O) groups is 2. The summed E-state index contributed by atoms with van der Waals surface area (Å²) in [6, 6.07) is 17.4. The third-order valence-corrected chi connectivity index (χ3v) is 9.54. The van der Waals surface area contributed by atoms with Crippen molar-refractivity contribution in [2.75, 3.05) is 18.9 Å². The van der Waals surface area contributed by atoms with E-state index in [1.54, 1.807) is 55.6 Å². The standard InChI is InChI=1S/C33H34Cl2FN5O2/c1-18(2)17-41-26-13-14-40-25-12-11-19(31(42)37-4)15-24(25)39-30(40)27(26)28(22-9-6-10-23(35)29(22)36)33(41,3)32(43)38-21-8-5-7-20(34)16-21/h5-12,15-16,18,26-28H,13-14,17H2,1-4H3,(H,37,42)(H,38,43)/t26-,27+,28-,33+/m0/s1. The Balaban J connectivity index is 1.57. The lowest BCUT2D eigenvalue weighted by Crippen LogP contribution is -2.56. The number of rotatable bonds is 6. The summed E-state index contributed by atoms with van der Waals surface area (Å²) < 4.78 is 18.2. The van der Waals surface area contributed by atoms with Gasteiger partial charge in [0.15, 0.2) is 0 Å². The minimum Gasteiger partial charge on any atom is -0.355 e. The second-order valence-corrected chi connectivity index (χ2v) is 12.9. The molecule has 4 aromatic rings. The van der Waals surface area contributed by atoms with Crippen LogP contribution >= 0.6 is 23.2 Å². The summed E-state index contributed by atoms with van der Waals surface area (Å²) in [5.41, 5.74) is 1.88. The first-order valence-corrected chi connectivity index (χ1v) is 15.3. The number of nitrogens with one attached hydrogen (secondary N) is 2. The summed E-state index contributed by atoms with van der Waals surface area (Å²) in [4.78, 5) is 34.3. The van der Waals surface area contributed by atoms with Gasteiger partial charge in [0.2, 0.25) is 5.91 Å². The quantitative estimate of drug-likeness (QED) is 0.247. The van der Waals surface area contributed by atoms with E-state index >= 15 is 4.39 Å². The zero-order valence-corrected chi connectivity index (χ0v) is 26.0. The first-order chi connectivity index (χ1) is 20.5. The molecule has 0 unspecified atom stereocenters. The smallest absolute Gasteiger partial charge is 0.251 e. The molecule has 0 radical (unpaired) electrons. The number of amides is 2. The van der Waals surface area contributed by atoms with Crippen LogP contribution < -0.4 is 10.6 Å². The van der Waals surface area contributed by atoms with E-state index in [0.29, 0.717) is 40.4 Å². The summed E-state index contributed by atoms with van der Waals surface area (Å²) in [6.07, 6.45) is 0.742. The third-order valence-electron chi connectivity index (χ3n) is 9.01. The van der Waals surface area contributed by atoms with Crippen LogP contribution in [-0.2, 0) is 11.3 Å². The Morgan fingerprint density at radius 2 is 1.88 bits per heavy atom. The van der Waals surface area contributed by atoms with Gasteiger partial charge in [-0.1, -0.05) is 55.2 Å². The highest BCUT2D eigenvalue weighted by atomic mass is 35.5. The number of halogens is 3. The number of hydrogen-bond acceptors (Lipinski definition) is 4. The highest BCUT2D eigenvalue weighted by Gasteiger charge is 2.63. The van der Waals surface area contributed by atoms with Gasteiger partial charge in [0, 0.05) is 54.3 Å². The first-order valence-electron chi connectivity index (χ1n) is 14.5. The maximum absolute atomic E-state index is 16.1. The number of aromatic nitrogens is 2. The fraction of sp³-hybridized carbons (Fsp3) is 0.364. The van der Waals surface area contributed by atoms with Crippen LogP contribution in [0.1, 0.15) is 60.8 Å². The Morgan fingerprint density at radius 1 is 1.12 bits per heavy atom. The van der Waals surface area contributed by atoms with Crippen molar-refractivity contribution >= 4 is 51.7 Å². The molecule has 0 saturated carbocycles. The minimum absolute atomic E-state index is 0.00786. The van der Waals surface area contributed by atoms with Crippen LogP contribution in [0.5, 0.6) is 0 Å². The van der Waals surface area contributed by atoms with Gasteiger partial charge in [-0.3, -0.25) is 14.5 Å². The second-order valence-electron chi connectivity index (χ2n) is 12.1. The third kappa shape index (κ3) is 4.89. The molecule has 2 aliphatic heterocycles. The molecule has 43 heavy (non-hydrogen) atoms. The molecular formula is C33H34Cl2FN5O2. The molecule has 2 aliphatic rings. The van der Waals surface area contributed by atoms with E-state index in [4.69, 9.17) is 28.2 Å². The summed E-state index contributed by atoms with van der Waals surface area (Å²) in [7, 11) is 1.59. The molecule has 224 valence electrons. The Labute approximate surface area is 260 Å². The van der Waals surface area contributed by atoms with Gasteiger partial charge in [-0.2, -0.15) is 0 Å². The first kappa shape index (κ1) is 29.6. The highest BCUT2D eigenvalue weighted by molar-refractivity contribution is 6.31. The number of nitrogens with zero attached hydrogens (tertiary/aromatic N) is 3. The molecule has 0 aliphatic carbocycles. The highest BCUT2D eigenvalue weighted by Crippen LogP contribution is 2.57. The summed E-state index contributed by atoms with van der Waals surface area (Å²) in [6.45, 7) is 7.46. The number of imidazole rings is 1. The molecule has 3 aromatic carbocycles. The average molecular weight is 623 g/mol. The maximum Gasteiger partial charge on any atom is 0.251 e. The lowest BCUT2D eigenvalue weighted by atomic mass is 9.73. The zero-order chi connectivity index (χ0) is 30.6. The van der Waals surface area contributed by atoms with Crippen LogP contribution in [0.25, 0.3) is 11.0 Å². The zero-order valence-electron chi connectivity index (χ0n) is 24.5. The SMILES string of the molecule is CNC(=O)c1ccc2c(c1)nc1n2CC[C@H]2[C@@H]1[C@H](c1cccc(Cl)c1F)[C@](C)(C(=O)Nc1cccc(Cl)c1)N2CC(C)C. The van der Waals surface area contributed by atoms with Crippen molar-refractivity contribution in [3.63, 3.8) is 0 Å². The summed E-state index contributed by atoms with van der Waals surface area (Å²) in [5.74, 6) is -0.917. The van der Waals surface area contributed by atoms with E-state index in [0.717, 1.165) is 17.8 Å². The number of benzene rings is 3. The van der Waals surface area contributed by atoms with Crippen molar-refractivity contribution < 1.29 is 14.0 Å². The minimum atomic E-state index is -1.17. The van der Waals surface area contributed by atoms with E-state index < -0.39 is 17.3 Å². The van der Waals surface area contributed by atoms with E-state index in [-0.39, 0.29) is 34.7 Å². The molecule has 1 fully saturated rings. The molecule has 10 heteroatoms. The Morgan fingerprint density at radius 3 is 2.60 bits per heavy atom. The van der Waals surface area contributed by atoms with Gasteiger partial charge in [0.05, 0.1) is 16.1 Å². The van der Waals surface area contributed by atoms with Crippen LogP contribution in [0.4, 0.5) is 10.1 Å². The molecule has 7 nitrogen and oxygen atoms in total. The van der Waals surface area contributed by atoms with Crippen molar-refractivity contribution in [3.05, 3.63) is 93.5 Å². The van der Waals surface area contributed by atoms with Crippen molar-refractivity contribution in [3.8, 4) is 0 Å². The van der Waals surface area contributed by atoms with Crippen LogP contribution in [0.3, 0.4) is 0 Å². The van der Waals surface area contributed by atoms with Crippen LogP contribution in [-0.4, -0.2) is 51.4 Å². The number of likely N-dealkylation sites (tertiary alicyclic amines) is 1. The normalized spacial score (nSPS) is 23.3. The van der Waals surface area contributed by atoms with E-state index in [9.17, 15) is 9.59 Å². The molecule has 0 spiro atoms. The number of anilines is 1. The lowest BCUT2D eigenvalue weighted by molar-refractivity contribution is -0.127. The Hall–Kier alpha value is -3.46. The number of fused-ring (bicyclic) bond motifs is 5. The number of hydrogen-bond donors (Lipinski definition) is 2. The van der Waals surface area contributed by atoms with E-state index in [2.05, 4.69) is 33.9 Å². The molecular weight excluding hydrogens is 588 g/mol. The van der Waals surface area contributed by atoms with Crippen LogP contribution in [0.2, 0.25) is 10.0 Å². The summed E-state index contributed by atoms with van der Waals surface area (Å²) in [5, 5.41) is 6.28. The molecule has 1 aromatic heterocycles. The van der Waals surface area contributed by atoms with Gasteiger partial charge < -0.3 is 15.2 Å². The second kappa shape index (κ2) is 11.2. The molecule has 4 atom stereocenters. The van der Waals surface area contributed by atoms with E-state index in [1.165, 1.54) is 6.07 Å². The predicted octanol–water partition coefficient (Wildman–Crippen LogP) is 6.85. The van der Waals surface area contributed by atoms with Gasteiger partial charge >= 0.3 is 0 Å². The lowest BCUT2D eigenvalue weighted by Gasteiger charge is -2.41. The molecule has 2 amide bonds. The van der Waals surface area contributed by atoms with Gasteiger partial charge in [0.1, 0.15) is 17.2 Å². The van der Waals surface area contributed by atoms with Crippen molar-refractivity contribution in [1.82, 2.24) is 19.8 Å². The van der Waals surface area contributed by atoms with Crippen LogP contribution in [0, 0.1) is 11.7 Å². The average Bonchev–Trinajstić information content (AvgIpc) is 3.47. The Kier molecular flexibility index (Phi) is 7.73. The van der Waals surface area contributed by atoms with Crippen LogP contribution in [0.15, 0.2) is 60.7 Å². The van der Waals surface area contributed by atoms with Gasteiger partial charge in [-0.15, -0.1) is 0 Å². The summed E-state index contributed by atoms with van der Waals surface area (Å²) >= 11 is 12.6. The fourth-order valence-corrected chi connectivity index (χ4v) is 7.57. The molecule has 2 N–H and O–H groups in total. The fourth-order valence-electron chi connectivity index (χ4n) is 7.20. The van der Waals surface area contributed by atoms with Crippen molar-refractivity contribution in [2.24, 2.45) is 5.92 Å². The van der Waals surface area contributed by atoms with Crippen molar-refractivity contribution in [1.29, 1.82) is 0 Å². The Bertz CT molecular complexity index is 1740. The number of aryl methyl sites for hydroxylation is 1. The topological polar surface area (TPSA) is 79.3 Å². The van der Waals surface area contributed by atoms with Crippen molar-refractivity contribution in [2.45, 2.75) is 57.2 Å². The van der Waals surface area contributed by atoms with Gasteiger partial charge in [0.25, 0.3) is 5.91 Å². The van der Waals surface area contributed by atoms with Gasteiger partial charge in [-0.05, 0) is 67.3 Å².